The highest BCUT2D eigenvalue weighted by molar-refractivity contribution is 5.65. The van der Waals surface area contributed by atoms with Crippen molar-refractivity contribution in [3.05, 3.63) is 40.6 Å². The van der Waals surface area contributed by atoms with Crippen LogP contribution in [-0.4, -0.2) is 14.8 Å². The predicted octanol–water partition coefficient (Wildman–Crippen LogP) is 1.90. The number of hydrogen-bond donors (Lipinski definition) is 1. The van der Waals surface area contributed by atoms with Crippen LogP contribution in [0.2, 0.25) is 0 Å². The number of rotatable bonds is 2. The topological polar surface area (TPSA) is 50.7 Å². The Labute approximate surface area is 93.9 Å². The van der Waals surface area contributed by atoms with Crippen LogP contribution in [0.5, 0.6) is 0 Å². The number of hydrogen-bond acceptors (Lipinski definition) is 2. The van der Waals surface area contributed by atoms with Crippen molar-refractivity contribution < 1.29 is 0 Å². The van der Waals surface area contributed by atoms with Gasteiger partial charge in [-0.15, -0.1) is 0 Å². The van der Waals surface area contributed by atoms with Crippen LogP contribution in [0.15, 0.2) is 29.3 Å². The summed E-state index contributed by atoms with van der Waals surface area (Å²) in [5.41, 5.74) is 2.88. The maximum Gasteiger partial charge on any atom is 0.248 e. The molecule has 2 aromatic heterocycles. The molecule has 0 unspecified atom stereocenters. The normalized spacial score (nSPS) is 11.0. The van der Waals surface area contributed by atoms with Gasteiger partial charge in [0, 0.05) is 31.1 Å². The van der Waals surface area contributed by atoms with Gasteiger partial charge in [-0.05, 0) is 17.5 Å². The molecule has 84 valence electrons. The molecule has 2 aromatic rings. The fraction of sp³-hybridized carbons (Fsp3) is 0.333. The molecule has 4 nitrogen and oxygen atoms in total. The Morgan fingerprint density at radius 3 is 2.81 bits per heavy atom. The fourth-order valence-electron chi connectivity index (χ4n) is 1.77. The lowest BCUT2D eigenvalue weighted by Gasteiger charge is -2.04. The summed E-state index contributed by atoms with van der Waals surface area (Å²) in [6.45, 7) is 4.19. The first-order valence-corrected chi connectivity index (χ1v) is 5.30. The molecular formula is C12H15N3O. The quantitative estimate of drug-likeness (QED) is 0.835. The zero-order valence-corrected chi connectivity index (χ0v) is 9.69. The molecule has 16 heavy (non-hydrogen) atoms. The van der Waals surface area contributed by atoms with Crippen molar-refractivity contribution in [2.45, 2.75) is 19.8 Å². The predicted molar refractivity (Wildman–Crippen MR) is 63.4 cm³/mol. The number of nitrogens with zero attached hydrogens (tertiary/aromatic N) is 2. The second-order valence-corrected chi connectivity index (χ2v) is 4.20. The molecular weight excluding hydrogens is 202 g/mol. The van der Waals surface area contributed by atoms with Crippen molar-refractivity contribution in [3.8, 4) is 11.1 Å². The molecule has 0 saturated carbocycles. The van der Waals surface area contributed by atoms with E-state index in [0.29, 0.717) is 5.92 Å². The number of H-pyrrole nitrogens is 1. The molecule has 0 fully saturated rings. The summed E-state index contributed by atoms with van der Waals surface area (Å²) >= 11 is 0. The average Bonchev–Trinajstić information content (AvgIpc) is 2.60. The summed E-state index contributed by atoms with van der Waals surface area (Å²) in [6.07, 6.45) is 3.61. The smallest absolute Gasteiger partial charge is 0.248 e. The van der Waals surface area contributed by atoms with Gasteiger partial charge < -0.3 is 4.98 Å². The van der Waals surface area contributed by atoms with Crippen LogP contribution >= 0.6 is 0 Å². The highest BCUT2D eigenvalue weighted by Gasteiger charge is 2.12. The molecule has 4 heteroatoms. The van der Waals surface area contributed by atoms with Gasteiger partial charge in [0.2, 0.25) is 5.56 Å². The first-order chi connectivity index (χ1) is 7.58. The van der Waals surface area contributed by atoms with Crippen LogP contribution in [0, 0.1) is 0 Å². The van der Waals surface area contributed by atoms with Crippen LogP contribution in [0.3, 0.4) is 0 Å². The van der Waals surface area contributed by atoms with Gasteiger partial charge in [-0.25, -0.2) is 0 Å². The molecule has 0 aliphatic carbocycles. The Hall–Kier alpha value is -1.84. The van der Waals surface area contributed by atoms with Crippen molar-refractivity contribution in [2.75, 3.05) is 0 Å². The second kappa shape index (κ2) is 3.96. The van der Waals surface area contributed by atoms with Gasteiger partial charge in [0.15, 0.2) is 0 Å². The highest BCUT2D eigenvalue weighted by Crippen LogP contribution is 2.26. The van der Waals surface area contributed by atoms with Crippen LogP contribution in [0.4, 0.5) is 0 Å². The molecule has 0 radical (unpaired) electrons. The van der Waals surface area contributed by atoms with E-state index < -0.39 is 0 Å². The van der Waals surface area contributed by atoms with Crippen molar-refractivity contribution in [2.24, 2.45) is 7.05 Å². The van der Waals surface area contributed by atoms with E-state index in [-0.39, 0.29) is 5.56 Å². The zero-order chi connectivity index (χ0) is 11.7. The van der Waals surface area contributed by atoms with E-state index in [1.165, 1.54) is 0 Å². The number of aromatic nitrogens is 3. The Morgan fingerprint density at radius 2 is 2.19 bits per heavy atom. The molecule has 0 aromatic carbocycles. The summed E-state index contributed by atoms with van der Waals surface area (Å²) in [7, 11) is 1.89. The molecule has 0 saturated heterocycles. The van der Waals surface area contributed by atoms with Gasteiger partial charge in [-0.1, -0.05) is 13.8 Å². The minimum absolute atomic E-state index is 0.0870. The summed E-state index contributed by atoms with van der Waals surface area (Å²) < 4.78 is 1.78. The molecule has 0 aliphatic heterocycles. The molecule has 0 amide bonds. The van der Waals surface area contributed by atoms with Crippen LogP contribution in [-0.2, 0) is 7.05 Å². The third-order valence-electron chi connectivity index (χ3n) is 2.49. The maximum atomic E-state index is 11.3. The first kappa shape index (κ1) is 10.7. The molecule has 0 aliphatic rings. The van der Waals surface area contributed by atoms with Crippen molar-refractivity contribution in [3.63, 3.8) is 0 Å². The van der Waals surface area contributed by atoms with Crippen LogP contribution in [0.25, 0.3) is 11.1 Å². The van der Waals surface area contributed by atoms with Crippen molar-refractivity contribution in [1.29, 1.82) is 0 Å². The first-order valence-electron chi connectivity index (χ1n) is 5.30. The largest absolute Gasteiger partial charge is 0.329 e. The SMILES string of the molecule is CC(C)c1nn(C)cc1-c1cc[nH]c(=O)c1. The van der Waals surface area contributed by atoms with Crippen molar-refractivity contribution in [1.82, 2.24) is 14.8 Å². The minimum atomic E-state index is -0.0870. The van der Waals surface area contributed by atoms with E-state index in [1.807, 2.05) is 19.3 Å². The third kappa shape index (κ3) is 1.91. The second-order valence-electron chi connectivity index (χ2n) is 4.20. The standard InChI is InChI=1S/C12H15N3O/c1-8(2)12-10(7-15(3)14-12)9-4-5-13-11(16)6-9/h4-8H,1-3H3,(H,13,16). The Bertz CT molecular complexity index is 551. The fourth-order valence-corrected chi connectivity index (χ4v) is 1.77. The van der Waals surface area contributed by atoms with E-state index >= 15 is 0 Å². The lowest BCUT2D eigenvalue weighted by molar-refractivity contribution is 0.713. The molecule has 2 rings (SSSR count). The Morgan fingerprint density at radius 1 is 1.44 bits per heavy atom. The summed E-state index contributed by atoms with van der Waals surface area (Å²) in [5.74, 6) is 0.343. The van der Waals surface area contributed by atoms with Gasteiger partial charge in [0.25, 0.3) is 0 Å². The molecule has 0 bridgehead atoms. The maximum absolute atomic E-state index is 11.3. The van der Waals surface area contributed by atoms with Crippen LogP contribution in [0.1, 0.15) is 25.5 Å². The summed E-state index contributed by atoms with van der Waals surface area (Å²) in [5, 5.41) is 4.42. The lowest BCUT2D eigenvalue weighted by Crippen LogP contribution is -2.02. The monoisotopic (exact) mass is 217 g/mol. The lowest BCUT2D eigenvalue weighted by atomic mass is 10.0. The summed E-state index contributed by atoms with van der Waals surface area (Å²) in [4.78, 5) is 13.9. The molecule has 0 spiro atoms. The van der Waals surface area contributed by atoms with Crippen molar-refractivity contribution >= 4 is 0 Å². The van der Waals surface area contributed by atoms with Gasteiger partial charge in [-0.2, -0.15) is 5.10 Å². The highest BCUT2D eigenvalue weighted by atomic mass is 16.1. The molecule has 2 heterocycles. The summed E-state index contributed by atoms with van der Waals surface area (Å²) in [6, 6.07) is 3.49. The van der Waals surface area contributed by atoms with Crippen LogP contribution < -0.4 is 5.56 Å². The van der Waals surface area contributed by atoms with E-state index in [0.717, 1.165) is 16.8 Å². The Balaban J connectivity index is 2.59. The average molecular weight is 217 g/mol. The third-order valence-corrected chi connectivity index (χ3v) is 2.49. The molecule has 0 atom stereocenters. The zero-order valence-electron chi connectivity index (χ0n) is 9.69. The van der Waals surface area contributed by atoms with E-state index in [1.54, 1.807) is 16.9 Å². The Kier molecular flexibility index (Phi) is 2.64. The number of aromatic amines is 1. The number of aryl methyl sites for hydroxylation is 1. The van der Waals surface area contributed by atoms with E-state index in [4.69, 9.17) is 0 Å². The van der Waals surface area contributed by atoms with Gasteiger partial charge in [0.05, 0.1) is 5.69 Å². The number of pyridine rings is 1. The van der Waals surface area contributed by atoms with E-state index in [9.17, 15) is 4.79 Å². The van der Waals surface area contributed by atoms with Gasteiger partial charge >= 0.3 is 0 Å². The van der Waals surface area contributed by atoms with Gasteiger partial charge in [0.1, 0.15) is 0 Å². The van der Waals surface area contributed by atoms with E-state index in [2.05, 4.69) is 23.9 Å². The molecule has 1 N–H and O–H groups in total. The van der Waals surface area contributed by atoms with Gasteiger partial charge in [-0.3, -0.25) is 9.48 Å². The number of nitrogens with one attached hydrogen (secondary N) is 1. The minimum Gasteiger partial charge on any atom is -0.329 e.